The van der Waals surface area contributed by atoms with Crippen LogP contribution in [-0.4, -0.2) is 27.7 Å². The highest BCUT2D eigenvalue weighted by Gasteiger charge is 2.06. The van der Waals surface area contributed by atoms with Crippen molar-refractivity contribution in [2.45, 2.75) is 20.1 Å². The highest BCUT2D eigenvalue weighted by molar-refractivity contribution is 5.69. The molecule has 1 heterocycles. The van der Waals surface area contributed by atoms with Gasteiger partial charge in [-0.15, -0.1) is 0 Å². The zero-order valence-corrected chi connectivity index (χ0v) is 7.65. The van der Waals surface area contributed by atoms with E-state index in [0.717, 1.165) is 0 Å². The smallest absolute Gasteiger partial charge is 0.325 e. The topological polar surface area (TPSA) is 64.3 Å². The molecule has 0 bridgehead atoms. The third kappa shape index (κ3) is 2.29. The van der Waals surface area contributed by atoms with Crippen molar-refractivity contribution in [2.75, 3.05) is 7.11 Å². The molecule has 0 saturated carbocycles. The molecule has 0 spiro atoms. The number of carbonyl (C=O) groups excluding carboxylic acids is 1. The van der Waals surface area contributed by atoms with Gasteiger partial charge in [0.15, 0.2) is 0 Å². The van der Waals surface area contributed by atoms with Gasteiger partial charge in [0.1, 0.15) is 12.4 Å². The molecular formula is C8H12N2O3. The maximum absolute atomic E-state index is 10.9. The Kier molecular flexibility index (Phi) is 3.02. The van der Waals surface area contributed by atoms with Crippen molar-refractivity contribution in [2.24, 2.45) is 0 Å². The number of aromatic nitrogens is 2. The van der Waals surface area contributed by atoms with Gasteiger partial charge in [-0.2, -0.15) is 0 Å². The number of esters is 1. The van der Waals surface area contributed by atoms with Gasteiger partial charge in [-0.25, -0.2) is 4.98 Å². The molecule has 0 fully saturated rings. The molecule has 1 rings (SSSR count). The number of ether oxygens (including phenoxy) is 1. The zero-order chi connectivity index (χ0) is 9.84. The Hall–Kier alpha value is -1.36. The van der Waals surface area contributed by atoms with E-state index in [0.29, 0.717) is 11.5 Å². The van der Waals surface area contributed by atoms with Gasteiger partial charge in [0, 0.05) is 6.20 Å². The second kappa shape index (κ2) is 4.04. The van der Waals surface area contributed by atoms with Crippen molar-refractivity contribution in [3.63, 3.8) is 0 Å². The number of hydrogen-bond donors (Lipinski definition) is 1. The van der Waals surface area contributed by atoms with E-state index in [1.54, 1.807) is 17.7 Å². The van der Waals surface area contributed by atoms with Gasteiger partial charge >= 0.3 is 5.97 Å². The lowest BCUT2D eigenvalue weighted by atomic mass is 10.5. The molecule has 5 nitrogen and oxygen atoms in total. The normalized spacial score (nSPS) is 10.1. The minimum atomic E-state index is -0.329. The molecule has 0 aromatic carbocycles. The van der Waals surface area contributed by atoms with Crippen molar-refractivity contribution in [1.82, 2.24) is 9.55 Å². The van der Waals surface area contributed by atoms with E-state index in [4.69, 9.17) is 5.11 Å². The van der Waals surface area contributed by atoms with Crippen LogP contribution in [0, 0.1) is 6.92 Å². The molecular weight excluding hydrogens is 172 g/mol. The quantitative estimate of drug-likeness (QED) is 0.664. The molecule has 0 aliphatic heterocycles. The minimum Gasteiger partial charge on any atom is -0.468 e. The molecule has 72 valence electrons. The molecule has 0 aliphatic carbocycles. The summed E-state index contributed by atoms with van der Waals surface area (Å²) in [7, 11) is 1.33. The number of rotatable bonds is 3. The Morgan fingerprint density at radius 1 is 1.77 bits per heavy atom. The van der Waals surface area contributed by atoms with E-state index >= 15 is 0 Å². The molecule has 0 unspecified atom stereocenters. The molecule has 5 heteroatoms. The van der Waals surface area contributed by atoms with E-state index in [2.05, 4.69) is 9.72 Å². The van der Waals surface area contributed by atoms with Crippen LogP contribution in [0.15, 0.2) is 6.20 Å². The minimum absolute atomic E-state index is 0.116. The molecule has 0 saturated heterocycles. The fraction of sp³-hybridized carbons (Fsp3) is 0.500. The first-order chi connectivity index (χ1) is 6.17. The predicted octanol–water partition coefficient (Wildman–Crippen LogP) is -0.143. The summed E-state index contributed by atoms with van der Waals surface area (Å²) in [5.41, 5.74) is 0.557. The van der Waals surface area contributed by atoms with Crippen molar-refractivity contribution in [1.29, 1.82) is 0 Å². The number of aliphatic hydroxyl groups excluding tert-OH is 1. The lowest BCUT2D eigenvalue weighted by Gasteiger charge is -2.01. The van der Waals surface area contributed by atoms with Crippen LogP contribution in [0.1, 0.15) is 11.5 Å². The van der Waals surface area contributed by atoms with Crippen molar-refractivity contribution in [3.05, 3.63) is 17.7 Å². The standard InChI is InChI=1S/C8H12N2O3/c1-6-9-7(5-11)3-10(6)4-8(12)13-2/h3,11H,4-5H2,1-2H3. The first-order valence-electron chi connectivity index (χ1n) is 3.87. The molecule has 1 aromatic rings. The Balaban J connectivity index is 2.76. The zero-order valence-electron chi connectivity index (χ0n) is 7.65. The van der Waals surface area contributed by atoms with Gasteiger partial charge in [-0.05, 0) is 6.92 Å². The lowest BCUT2D eigenvalue weighted by molar-refractivity contribution is -0.141. The van der Waals surface area contributed by atoms with E-state index in [1.165, 1.54) is 7.11 Å². The molecule has 0 radical (unpaired) electrons. The average Bonchev–Trinajstić information content (AvgIpc) is 2.47. The van der Waals surface area contributed by atoms with Crippen LogP contribution in [0.25, 0.3) is 0 Å². The number of methoxy groups -OCH3 is 1. The van der Waals surface area contributed by atoms with Crippen LogP contribution < -0.4 is 0 Å². The monoisotopic (exact) mass is 184 g/mol. The fourth-order valence-corrected chi connectivity index (χ4v) is 1.01. The highest BCUT2D eigenvalue weighted by atomic mass is 16.5. The number of nitrogens with zero attached hydrogens (tertiary/aromatic N) is 2. The average molecular weight is 184 g/mol. The summed E-state index contributed by atoms with van der Waals surface area (Å²) >= 11 is 0. The third-order valence-electron chi connectivity index (χ3n) is 1.72. The first kappa shape index (κ1) is 9.73. The second-order valence-corrected chi connectivity index (χ2v) is 2.64. The largest absolute Gasteiger partial charge is 0.468 e. The van der Waals surface area contributed by atoms with E-state index in [-0.39, 0.29) is 19.1 Å². The van der Waals surface area contributed by atoms with Gasteiger partial charge < -0.3 is 14.4 Å². The summed E-state index contributed by atoms with van der Waals surface area (Å²) in [5, 5.41) is 8.77. The maximum atomic E-state index is 10.9. The number of hydrogen-bond acceptors (Lipinski definition) is 4. The summed E-state index contributed by atoms with van der Waals surface area (Å²) in [6.07, 6.45) is 1.63. The van der Waals surface area contributed by atoms with Crippen LogP contribution in [0.2, 0.25) is 0 Å². The van der Waals surface area contributed by atoms with E-state index in [1.807, 2.05) is 0 Å². The number of imidazole rings is 1. The predicted molar refractivity (Wildman–Crippen MR) is 44.9 cm³/mol. The van der Waals surface area contributed by atoms with Gasteiger partial charge in [0.05, 0.1) is 19.4 Å². The summed E-state index contributed by atoms with van der Waals surface area (Å²) < 4.78 is 6.14. The lowest BCUT2D eigenvalue weighted by Crippen LogP contribution is -2.11. The molecule has 0 amide bonds. The maximum Gasteiger partial charge on any atom is 0.325 e. The second-order valence-electron chi connectivity index (χ2n) is 2.64. The Labute approximate surface area is 76.0 Å². The number of carbonyl (C=O) groups is 1. The molecule has 1 aromatic heterocycles. The summed E-state index contributed by atoms with van der Waals surface area (Å²) in [5.74, 6) is 0.361. The molecule has 0 atom stereocenters. The first-order valence-corrected chi connectivity index (χ1v) is 3.87. The van der Waals surface area contributed by atoms with Crippen LogP contribution in [0.5, 0.6) is 0 Å². The summed E-state index contributed by atoms with van der Waals surface area (Å²) in [6, 6.07) is 0. The molecule has 13 heavy (non-hydrogen) atoms. The Morgan fingerprint density at radius 2 is 2.46 bits per heavy atom. The van der Waals surface area contributed by atoms with Gasteiger partial charge in [-0.1, -0.05) is 0 Å². The van der Waals surface area contributed by atoms with Gasteiger partial charge in [0.2, 0.25) is 0 Å². The fourth-order valence-electron chi connectivity index (χ4n) is 1.01. The van der Waals surface area contributed by atoms with Crippen LogP contribution in [0.3, 0.4) is 0 Å². The summed E-state index contributed by atoms with van der Waals surface area (Å²) in [6.45, 7) is 1.78. The van der Waals surface area contributed by atoms with E-state index in [9.17, 15) is 4.79 Å². The Morgan fingerprint density at radius 3 is 2.92 bits per heavy atom. The Bertz CT molecular complexity index is 306. The third-order valence-corrected chi connectivity index (χ3v) is 1.72. The molecule has 0 aliphatic rings. The van der Waals surface area contributed by atoms with Gasteiger partial charge in [0.25, 0.3) is 0 Å². The summed E-state index contributed by atoms with van der Waals surface area (Å²) in [4.78, 5) is 14.9. The van der Waals surface area contributed by atoms with Crippen LogP contribution in [-0.2, 0) is 22.7 Å². The van der Waals surface area contributed by atoms with Crippen LogP contribution in [0.4, 0.5) is 0 Å². The molecule has 1 N–H and O–H groups in total. The van der Waals surface area contributed by atoms with Crippen molar-refractivity contribution in [3.8, 4) is 0 Å². The van der Waals surface area contributed by atoms with Gasteiger partial charge in [-0.3, -0.25) is 4.79 Å². The number of aryl methyl sites for hydroxylation is 1. The van der Waals surface area contributed by atoms with E-state index < -0.39 is 0 Å². The highest BCUT2D eigenvalue weighted by Crippen LogP contribution is 2.02. The SMILES string of the molecule is COC(=O)Cn1cc(CO)nc1C. The van der Waals surface area contributed by atoms with Crippen molar-refractivity contribution < 1.29 is 14.6 Å². The number of aliphatic hydroxyl groups is 1. The van der Waals surface area contributed by atoms with Crippen molar-refractivity contribution >= 4 is 5.97 Å². The van der Waals surface area contributed by atoms with Crippen LogP contribution >= 0.6 is 0 Å².